The number of nitrogens with one attached hydrogen (secondary N) is 1. The van der Waals surface area contributed by atoms with Crippen molar-refractivity contribution in [1.29, 1.82) is 0 Å². The Morgan fingerprint density at radius 1 is 1.04 bits per heavy atom. The van der Waals surface area contributed by atoms with Crippen LogP contribution in [0.1, 0.15) is 32.4 Å². The summed E-state index contributed by atoms with van der Waals surface area (Å²) < 4.78 is 46.1. The van der Waals surface area contributed by atoms with Gasteiger partial charge in [0.25, 0.3) is 0 Å². The van der Waals surface area contributed by atoms with Crippen molar-refractivity contribution in [3.8, 4) is 5.75 Å². The molecule has 23 heavy (non-hydrogen) atoms. The van der Waals surface area contributed by atoms with Crippen molar-refractivity contribution in [2.24, 2.45) is 0 Å². The second-order valence-corrected chi connectivity index (χ2v) is 6.51. The smallest absolute Gasteiger partial charge is 0.408 e. The van der Waals surface area contributed by atoms with E-state index < -0.39 is 12.2 Å². The third-order valence-electron chi connectivity index (χ3n) is 3.45. The molecule has 1 aromatic carbocycles. The molecule has 1 aliphatic rings. The lowest BCUT2D eigenvalue weighted by molar-refractivity contribution is -0.187. The standard InChI is InChI=1S/C16H23F3N2O.ClH/c1-15(2,3)22-13-6-4-12(5-7-13)14(16(17,18)19)21-10-8-20-9-11-21;/h4-7,14,20H,8-11H2,1-3H3;1H/t14-;/m1./s1. The van der Waals surface area contributed by atoms with Gasteiger partial charge < -0.3 is 10.1 Å². The van der Waals surface area contributed by atoms with Crippen LogP contribution in [-0.4, -0.2) is 42.9 Å². The quantitative estimate of drug-likeness (QED) is 0.895. The van der Waals surface area contributed by atoms with Crippen LogP contribution in [0.3, 0.4) is 0 Å². The zero-order valence-corrected chi connectivity index (χ0v) is 14.4. The molecule has 7 heteroatoms. The predicted molar refractivity (Wildman–Crippen MR) is 87.3 cm³/mol. The van der Waals surface area contributed by atoms with Crippen LogP contribution >= 0.6 is 12.4 Å². The summed E-state index contributed by atoms with van der Waals surface area (Å²) >= 11 is 0. The number of ether oxygens (including phenoxy) is 1. The molecule has 1 heterocycles. The summed E-state index contributed by atoms with van der Waals surface area (Å²) in [4.78, 5) is 1.48. The largest absolute Gasteiger partial charge is 0.488 e. The van der Waals surface area contributed by atoms with E-state index in [0.29, 0.717) is 31.9 Å². The number of hydrogen-bond donors (Lipinski definition) is 1. The minimum absolute atomic E-state index is 0. The maximum Gasteiger partial charge on any atom is 0.408 e. The Morgan fingerprint density at radius 3 is 2.00 bits per heavy atom. The number of piperazine rings is 1. The molecule has 0 aromatic heterocycles. The van der Waals surface area contributed by atoms with E-state index in [-0.39, 0.29) is 23.6 Å². The highest BCUT2D eigenvalue weighted by atomic mass is 35.5. The number of rotatable bonds is 3. The van der Waals surface area contributed by atoms with E-state index in [1.807, 2.05) is 20.8 Å². The summed E-state index contributed by atoms with van der Waals surface area (Å²) in [5.41, 5.74) is -0.112. The summed E-state index contributed by atoms with van der Waals surface area (Å²) in [5.74, 6) is 0.581. The molecule has 1 fully saturated rings. The Hall–Kier alpha value is -0.980. The molecule has 0 bridgehead atoms. The first-order valence-corrected chi connectivity index (χ1v) is 7.47. The van der Waals surface area contributed by atoms with E-state index in [2.05, 4.69) is 5.32 Å². The fourth-order valence-electron chi connectivity index (χ4n) is 2.62. The molecule has 2 rings (SSSR count). The minimum atomic E-state index is -4.29. The van der Waals surface area contributed by atoms with Crippen LogP contribution in [0.2, 0.25) is 0 Å². The number of alkyl halides is 3. The first-order chi connectivity index (χ1) is 10.2. The van der Waals surface area contributed by atoms with Crippen LogP contribution in [0.25, 0.3) is 0 Å². The average Bonchev–Trinajstić information content (AvgIpc) is 2.39. The average molecular weight is 353 g/mol. The molecule has 0 amide bonds. The number of benzene rings is 1. The van der Waals surface area contributed by atoms with Gasteiger partial charge in [-0.3, -0.25) is 4.90 Å². The number of nitrogens with zero attached hydrogens (tertiary/aromatic N) is 1. The molecular weight excluding hydrogens is 329 g/mol. The van der Waals surface area contributed by atoms with Crippen LogP contribution in [0.15, 0.2) is 24.3 Å². The zero-order valence-electron chi connectivity index (χ0n) is 13.6. The van der Waals surface area contributed by atoms with Gasteiger partial charge in [0.15, 0.2) is 0 Å². The summed E-state index contributed by atoms with van der Waals surface area (Å²) in [7, 11) is 0. The molecule has 0 saturated carbocycles. The zero-order chi connectivity index (χ0) is 16.4. The molecule has 1 aromatic rings. The Bertz CT molecular complexity index is 480. The highest BCUT2D eigenvalue weighted by Gasteiger charge is 2.44. The highest BCUT2D eigenvalue weighted by molar-refractivity contribution is 5.85. The van der Waals surface area contributed by atoms with Crippen molar-refractivity contribution in [2.45, 2.75) is 38.6 Å². The maximum absolute atomic E-state index is 13.5. The molecule has 3 nitrogen and oxygen atoms in total. The third kappa shape index (κ3) is 5.86. The van der Waals surface area contributed by atoms with Gasteiger partial charge in [0.2, 0.25) is 0 Å². The fraction of sp³-hybridized carbons (Fsp3) is 0.625. The van der Waals surface area contributed by atoms with Crippen LogP contribution in [-0.2, 0) is 0 Å². The first kappa shape index (κ1) is 20.1. The van der Waals surface area contributed by atoms with E-state index in [1.54, 1.807) is 12.1 Å². The van der Waals surface area contributed by atoms with Gasteiger partial charge in [0.1, 0.15) is 17.4 Å². The molecule has 0 radical (unpaired) electrons. The second kappa shape index (κ2) is 7.73. The van der Waals surface area contributed by atoms with Gasteiger partial charge in [-0.25, -0.2) is 0 Å². The van der Waals surface area contributed by atoms with E-state index in [0.717, 1.165) is 0 Å². The van der Waals surface area contributed by atoms with Crippen LogP contribution in [0, 0.1) is 0 Å². The molecule has 0 unspecified atom stereocenters. The van der Waals surface area contributed by atoms with Crippen molar-refractivity contribution < 1.29 is 17.9 Å². The minimum Gasteiger partial charge on any atom is -0.488 e. The van der Waals surface area contributed by atoms with Gasteiger partial charge in [-0.15, -0.1) is 12.4 Å². The maximum atomic E-state index is 13.5. The van der Waals surface area contributed by atoms with Crippen molar-refractivity contribution in [1.82, 2.24) is 10.2 Å². The summed E-state index contributed by atoms with van der Waals surface area (Å²) in [5, 5.41) is 3.08. The Morgan fingerprint density at radius 2 is 1.57 bits per heavy atom. The van der Waals surface area contributed by atoms with E-state index in [1.165, 1.54) is 17.0 Å². The van der Waals surface area contributed by atoms with Crippen molar-refractivity contribution in [3.05, 3.63) is 29.8 Å². The summed E-state index contributed by atoms with van der Waals surface area (Å²) in [6.45, 7) is 7.66. The first-order valence-electron chi connectivity index (χ1n) is 7.47. The molecule has 1 atom stereocenters. The lowest BCUT2D eigenvalue weighted by Gasteiger charge is -2.36. The predicted octanol–water partition coefficient (Wildman–Crippen LogP) is 3.79. The Balaban J connectivity index is 0.00000264. The molecule has 1 aliphatic heterocycles. The normalized spacial score (nSPS) is 18.2. The van der Waals surface area contributed by atoms with Gasteiger partial charge in [-0.2, -0.15) is 13.2 Å². The molecule has 132 valence electrons. The lowest BCUT2D eigenvalue weighted by atomic mass is 10.0. The molecule has 1 N–H and O–H groups in total. The van der Waals surface area contributed by atoms with Crippen LogP contribution in [0.4, 0.5) is 13.2 Å². The Kier molecular flexibility index (Phi) is 6.74. The van der Waals surface area contributed by atoms with Crippen molar-refractivity contribution in [3.63, 3.8) is 0 Å². The summed E-state index contributed by atoms with van der Waals surface area (Å²) in [6, 6.07) is 4.70. The van der Waals surface area contributed by atoms with E-state index in [9.17, 15) is 13.2 Å². The topological polar surface area (TPSA) is 24.5 Å². The number of halogens is 4. The second-order valence-electron chi connectivity index (χ2n) is 6.51. The highest BCUT2D eigenvalue weighted by Crippen LogP contribution is 2.38. The molecular formula is C16H24ClF3N2O. The summed E-state index contributed by atoms with van der Waals surface area (Å²) in [6.07, 6.45) is -4.29. The third-order valence-corrected chi connectivity index (χ3v) is 3.45. The van der Waals surface area contributed by atoms with Gasteiger partial charge in [-0.1, -0.05) is 12.1 Å². The van der Waals surface area contributed by atoms with Gasteiger partial charge in [0, 0.05) is 26.2 Å². The monoisotopic (exact) mass is 352 g/mol. The fourth-order valence-corrected chi connectivity index (χ4v) is 2.62. The SMILES string of the molecule is CC(C)(C)Oc1ccc([C@@H](N2CCNCC2)C(F)(F)F)cc1.Cl. The Labute approximate surface area is 141 Å². The number of hydrogen-bond acceptors (Lipinski definition) is 3. The van der Waals surface area contributed by atoms with Crippen LogP contribution < -0.4 is 10.1 Å². The van der Waals surface area contributed by atoms with Crippen molar-refractivity contribution in [2.75, 3.05) is 26.2 Å². The van der Waals surface area contributed by atoms with E-state index in [4.69, 9.17) is 4.74 Å². The molecule has 0 aliphatic carbocycles. The van der Waals surface area contributed by atoms with E-state index >= 15 is 0 Å². The van der Waals surface area contributed by atoms with Gasteiger partial charge >= 0.3 is 6.18 Å². The molecule has 1 saturated heterocycles. The lowest BCUT2D eigenvalue weighted by Crippen LogP contribution is -2.49. The van der Waals surface area contributed by atoms with Crippen LogP contribution in [0.5, 0.6) is 5.75 Å². The van der Waals surface area contributed by atoms with Gasteiger partial charge in [-0.05, 0) is 38.5 Å². The van der Waals surface area contributed by atoms with Gasteiger partial charge in [0.05, 0.1) is 0 Å². The van der Waals surface area contributed by atoms with Crippen molar-refractivity contribution >= 4 is 12.4 Å². The molecule has 0 spiro atoms.